The zero-order chi connectivity index (χ0) is 19.4. The van der Waals surface area contributed by atoms with E-state index in [9.17, 15) is 13.2 Å². The normalized spacial score (nSPS) is 16.1. The molecule has 1 aromatic heterocycles. The second-order valence-corrected chi connectivity index (χ2v) is 9.16. The van der Waals surface area contributed by atoms with Crippen LogP contribution >= 0.6 is 0 Å². The Bertz CT molecular complexity index is 885. The number of carbonyl (C=O) groups excluding carboxylic acids is 1. The van der Waals surface area contributed by atoms with E-state index in [2.05, 4.69) is 5.32 Å². The lowest BCUT2D eigenvalue weighted by molar-refractivity contribution is 0.186. The molecular weight excluding hydrogens is 364 g/mol. The Labute approximate surface area is 160 Å². The summed E-state index contributed by atoms with van der Waals surface area (Å²) < 4.78 is 31.9. The first-order valence-corrected chi connectivity index (χ1v) is 10.8. The molecule has 1 N–H and O–H groups in total. The van der Waals surface area contributed by atoms with E-state index in [4.69, 9.17) is 4.42 Å². The van der Waals surface area contributed by atoms with Crippen molar-refractivity contribution in [2.75, 3.05) is 19.6 Å². The van der Waals surface area contributed by atoms with Crippen LogP contribution in [0.3, 0.4) is 0 Å². The summed E-state index contributed by atoms with van der Waals surface area (Å²) >= 11 is 0. The number of nitrogens with zero attached hydrogens (tertiary/aromatic N) is 1. The molecule has 1 atom stereocenters. The molecule has 0 saturated carbocycles. The van der Waals surface area contributed by atoms with Crippen LogP contribution in [0.1, 0.15) is 41.4 Å². The van der Waals surface area contributed by atoms with E-state index in [1.165, 1.54) is 6.26 Å². The van der Waals surface area contributed by atoms with Gasteiger partial charge >= 0.3 is 6.03 Å². The minimum atomic E-state index is -3.72. The summed E-state index contributed by atoms with van der Waals surface area (Å²) in [5.41, 5.74) is 1.94. The molecule has 27 heavy (non-hydrogen) atoms. The average Bonchev–Trinajstić information content (AvgIpc) is 3.18. The van der Waals surface area contributed by atoms with Gasteiger partial charge in [0, 0.05) is 19.6 Å². The number of amides is 2. The molecule has 1 fully saturated rings. The van der Waals surface area contributed by atoms with Gasteiger partial charge in [0.2, 0.25) is 0 Å². The fourth-order valence-corrected chi connectivity index (χ4v) is 4.95. The number of hydrogen-bond acceptors (Lipinski definition) is 4. The maximum atomic E-state index is 13.3. The van der Waals surface area contributed by atoms with Crippen molar-refractivity contribution in [3.05, 3.63) is 53.5 Å². The van der Waals surface area contributed by atoms with Gasteiger partial charge in [-0.2, -0.15) is 0 Å². The molecule has 1 aromatic carbocycles. The first-order valence-electron chi connectivity index (χ1n) is 9.27. The summed E-state index contributed by atoms with van der Waals surface area (Å²) in [7, 11) is -3.72. The Morgan fingerprint density at radius 1 is 1.15 bits per heavy atom. The van der Waals surface area contributed by atoms with E-state index < -0.39 is 15.1 Å². The predicted molar refractivity (Wildman–Crippen MR) is 103 cm³/mol. The van der Waals surface area contributed by atoms with E-state index in [1.807, 2.05) is 13.8 Å². The average molecular weight is 391 g/mol. The Morgan fingerprint density at radius 3 is 2.52 bits per heavy atom. The topological polar surface area (TPSA) is 79.6 Å². The molecule has 1 saturated heterocycles. The second-order valence-electron chi connectivity index (χ2n) is 7.03. The minimum Gasteiger partial charge on any atom is -0.468 e. The van der Waals surface area contributed by atoms with Gasteiger partial charge in [-0.05, 0) is 68.5 Å². The number of sulfone groups is 1. The van der Waals surface area contributed by atoms with Gasteiger partial charge in [0.05, 0.1) is 11.2 Å². The van der Waals surface area contributed by atoms with Crippen LogP contribution in [0.4, 0.5) is 4.79 Å². The van der Waals surface area contributed by atoms with Crippen LogP contribution in [0.25, 0.3) is 0 Å². The zero-order valence-electron chi connectivity index (χ0n) is 15.8. The summed E-state index contributed by atoms with van der Waals surface area (Å²) in [5, 5.41) is 1.82. The SMILES string of the molecule is Cc1ccc(S(=O)(=O)[C@@H](CNC(=O)N2CCCCC2)c2ccco2)cc1C. The third-order valence-electron chi connectivity index (χ3n) is 5.12. The van der Waals surface area contributed by atoms with Crippen LogP contribution in [0.5, 0.6) is 0 Å². The molecule has 0 bridgehead atoms. The number of benzene rings is 1. The summed E-state index contributed by atoms with van der Waals surface area (Å²) in [6.45, 7) is 5.21. The Kier molecular flexibility index (Phi) is 5.89. The van der Waals surface area contributed by atoms with Crippen LogP contribution in [0.15, 0.2) is 45.9 Å². The van der Waals surface area contributed by atoms with Crippen LogP contribution < -0.4 is 5.32 Å². The molecule has 0 aliphatic carbocycles. The number of nitrogens with one attached hydrogen (secondary N) is 1. The van der Waals surface area contributed by atoms with Gasteiger partial charge in [-0.25, -0.2) is 13.2 Å². The highest BCUT2D eigenvalue weighted by atomic mass is 32.2. The number of aryl methyl sites for hydroxylation is 2. The molecule has 1 aliphatic rings. The second kappa shape index (κ2) is 8.17. The molecule has 3 rings (SSSR count). The standard InChI is InChI=1S/C20H26N2O4S/c1-15-8-9-17(13-16(15)2)27(24,25)19(18-7-6-12-26-18)14-21-20(23)22-10-4-3-5-11-22/h6-9,12-13,19H,3-5,10-11,14H2,1-2H3,(H,21,23)/t19-/m0/s1. The lowest BCUT2D eigenvalue weighted by atomic mass is 10.1. The number of furan rings is 1. The number of likely N-dealkylation sites (tertiary alicyclic amines) is 1. The quantitative estimate of drug-likeness (QED) is 0.846. The molecule has 7 heteroatoms. The van der Waals surface area contributed by atoms with Gasteiger partial charge in [-0.1, -0.05) is 6.07 Å². The number of carbonyl (C=O) groups is 1. The van der Waals surface area contributed by atoms with Crippen molar-refractivity contribution in [3.63, 3.8) is 0 Å². The smallest absolute Gasteiger partial charge is 0.317 e. The monoisotopic (exact) mass is 390 g/mol. The minimum absolute atomic E-state index is 0.0297. The molecule has 1 aliphatic heterocycles. The van der Waals surface area contributed by atoms with E-state index in [0.717, 1.165) is 30.4 Å². The molecule has 2 amide bonds. The molecule has 146 valence electrons. The highest BCUT2D eigenvalue weighted by Gasteiger charge is 2.32. The maximum Gasteiger partial charge on any atom is 0.317 e. The maximum absolute atomic E-state index is 13.3. The lowest BCUT2D eigenvalue weighted by Gasteiger charge is -2.27. The van der Waals surface area contributed by atoms with Gasteiger partial charge in [0.1, 0.15) is 11.0 Å². The lowest BCUT2D eigenvalue weighted by Crippen LogP contribution is -2.44. The number of hydrogen-bond donors (Lipinski definition) is 1. The molecule has 0 radical (unpaired) electrons. The van der Waals surface area contributed by atoms with E-state index >= 15 is 0 Å². The Balaban J connectivity index is 1.83. The van der Waals surface area contributed by atoms with E-state index in [0.29, 0.717) is 18.8 Å². The van der Waals surface area contributed by atoms with Crippen LogP contribution in [0.2, 0.25) is 0 Å². The van der Waals surface area contributed by atoms with Crippen LogP contribution in [-0.2, 0) is 9.84 Å². The first kappa shape index (κ1) is 19.5. The molecule has 2 heterocycles. The van der Waals surface area contributed by atoms with Gasteiger partial charge in [0.25, 0.3) is 0 Å². The van der Waals surface area contributed by atoms with Crippen molar-refractivity contribution in [1.29, 1.82) is 0 Å². The summed E-state index contributed by atoms with van der Waals surface area (Å²) in [5.74, 6) is 0.326. The molecule has 0 unspecified atom stereocenters. The first-order chi connectivity index (χ1) is 12.9. The van der Waals surface area contributed by atoms with Gasteiger partial charge < -0.3 is 14.6 Å². The fraction of sp³-hybridized carbons (Fsp3) is 0.450. The van der Waals surface area contributed by atoms with E-state index in [-0.39, 0.29) is 17.5 Å². The van der Waals surface area contributed by atoms with E-state index in [1.54, 1.807) is 35.2 Å². The zero-order valence-corrected chi connectivity index (χ0v) is 16.6. The molecule has 0 spiro atoms. The Morgan fingerprint density at radius 2 is 1.89 bits per heavy atom. The molecular formula is C20H26N2O4S. The number of rotatable bonds is 5. The van der Waals surface area contributed by atoms with Gasteiger partial charge in [-0.15, -0.1) is 0 Å². The third kappa shape index (κ3) is 4.35. The van der Waals surface area contributed by atoms with Gasteiger partial charge in [0.15, 0.2) is 9.84 Å². The van der Waals surface area contributed by atoms with Crippen molar-refractivity contribution < 1.29 is 17.6 Å². The summed E-state index contributed by atoms with van der Waals surface area (Å²) in [6, 6.07) is 8.16. The molecule has 2 aromatic rings. The largest absolute Gasteiger partial charge is 0.468 e. The van der Waals surface area contributed by atoms with Crippen LogP contribution in [0, 0.1) is 13.8 Å². The summed E-state index contributed by atoms with van der Waals surface area (Å²) in [6.07, 6.45) is 4.54. The van der Waals surface area contributed by atoms with Crippen molar-refractivity contribution in [3.8, 4) is 0 Å². The van der Waals surface area contributed by atoms with Crippen molar-refractivity contribution in [1.82, 2.24) is 10.2 Å². The number of piperidine rings is 1. The fourth-order valence-electron chi connectivity index (χ4n) is 3.28. The predicted octanol–water partition coefficient (Wildman–Crippen LogP) is 3.61. The summed E-state index contributed by atoms with van der Waals surface area (Å²) in [4.78, 5) is 14.4. The third-order valence-corrected chi connectivity index (χ3v) is 7.18. The van der Waals surface area contributed by atoms with Crippen LogP contribution in [-0.4, -0.2) is 39.0 Å². The van der Waals surface area contributed by atoms with Crippen molar-refractivity contribution in [2.45, 2.75) is 43.3 Å². The van der Waals surface area contributed by atoms with Gasteiger partial charge in [-0.3, -0.25) is 0 Å². The number of urea groups is 1. The van der Waals surface area contributed by atoms with Crippen molar-refractivity contribution >= 4 is 15.9 Å². The highest BCUT2D eigenvalue weighted by Crippen LogP contribution is 2.30. The Hall–Kier alpha value is -2.28. The highest BCUT2D eigenvalue weighted by molar-refractivity contribution is 7.91. The molecule has 6 nitrogen and oxygen atoms in total. The van der Waals surface area contributed by atoms with Crippen molar-refractivity contribution in [2.24, 2.45) is 0 Å².